The second-order valence-electron chi connectivity index (χ2n) is 31.0. The van der Waals surface area contributed by atoms with Crippen LogP contribution in [-0.2, 0) is 55.8 Å². The van der Waals surface area contributed by atoms with Gasteiger partial charge in [-0.15, -0.1) is 0 Å². The Balaban J connectivity index is 4.59. The summed E-state index contributed by atoms with van der Waals surface area (Å²) in [5, 5.41) is 20.7. The van der Waals surface area contributed by atoms with Crippen molar-refractivity contribution in [3.05, 3.63) is 182 Å². The number of carbonyl (C=O) groups excluding carboxylic acids is 3. The van der Waals surface area contributed by atoms with Crippen LogP contribution in [0.3, 0.4) is 0 Å². The smallest absolute Gasteiger partial charge is 0.463 e. The van der Waals surface area contributed by atoms with Crippen LogP contribution in [0.2, 0.25) is 0 Å². The van der Waals surface area contributed by atoms with Crippen molar-refractivity contribution in [2.24, 2.45) is 0 Å². The van der Waals surface area contributed by atoms with E-state index in [-0.39, 0.29) is 19.3 Å². The Morgan fingerprint density at radius 1 is 0.244 bits per heavy atom. The van der Waals surface area contributed by atoms with Crippen molar-refractivity contribution in [1.29, 1.82) is 0 Å². The van der Waals surface area contributed by atoms with E-state index in [4.69, 9.17) is 32.3 Å². The van der Waals surface area contributed by atoms with Gasteiger partial charge in [-0.1, -0.05) is 383 Å². The van der Waals surface area contributed by atoms with E-state index in [1.165, 1.54) is 167 Å². The summed E-state index contributed by atoms with van der Waals surface area (Å²) in [6.45, 7) is 2.41. The number of carbonyl (C=O) groups is 3. The summed E-state index contributed by atoms with van der Waals surface area (Å²) in [4.78, 5) is 59.0. The fraction of sp³-hybridized carbons (Fsp3) is 0.673. The van der Waals surface area contributed by atoms with Crippen LogP contribution in [0.15, 0.2) is 182 Å². The molecule has 0 radical (unpaired) electrons. The molecule has 0 heterocycles. The van der Waals surface area contributed by atoms with Gasteiger partial charge in [0.25, 0.3) is 0 Å². The van der Waals surface area contributed by atoms with Gasteiger partial charge in [-0.3, -0.25) is 32.5 Å². The van der Waals surface area contributed by atoms with E-state index < -0.39 is 91.5 Å². The summed E-state index contributed by atoms with van der Waals surface area (Å²) in [6, 6.07) is 0. The molecule has 0 amide bonds. The molecule has 18 heteroatoms. The van der Waals surface area contributed by atoms with Crippen molar-refractivity contribution in [2.45, 2.75) is 399 Å². The molecule has 4 N–H and O–H groups in total. The van der Waals surface area contributed by atoms with E-state index in [9.17, 15) is 43.5 Å². The van der Waals surface area contributed by atoms with Crippen molar-refractivity contribution in [3.8, 4) is 0 Å². The van der Waals surface area contributed by atoms with E-state index >= 15 is 0 Å². The Hall–Kier alpha value is -5.35. The van der Waals surface area contributed by atoms with Crippen LogP contribution in [0.25, 0.3) is 0 Å². The fourth-order valence-electron chi connectivity index (χ4n) is 12.5. The number of aliphatic hydroxyl groups excluding tert-OH is 2. The highest BCUT2D eigenvalue weighted by Crippen LogP contribution is 2.45. The first-order valence-corrected chi connectivity index (χ1v) is 50.1. The number of hydrogen-bond acceptors (Lipinski definition) is 14. The van der Waals surface area contributed by atoms with Crippen molar-refractivity contribution in [2.75, 3.05) is 39.6 Å². The van der Waals surface area contributed by atoms with Gasteiger partial charge in [0.2, 0.25) is 0 Å². The largest absolute Gasteiger partial charge is 0.472 e. The summed E-state index contributed by atoms with van der Waals surface area (Å²) in [5.74, 6) is -1.62. The molecular formula is C101H170O16P2. The molecule has 16 nitrogen and oxygen atoms in total. The highest BCUT2D eigenvalue weighted by molar-refractivity contribution is 7.47. The third-order valence-corrected chi connectivity index (χ3v) is 21.5. The van der Waals surface area contributed by atoms with E-state index in [1.807, 2.05) is 0 Å². The molecule has 0 fully saturated rings. The van der Waals surface area contributed by atoms with Crippen LogP contribution in [-0.4, -0.2) is 95.9 Å². The SMILES string of the molecule is CC/C=C\C/C=C\C/C=C\C/C=C\C/C=C\C/C=C\CCCCC(=O)OC(COC(=O)CCCCCCCCCCCCCCC/C=C\C/C=C\C/C=C\C/C=C\C/C=C\CC)COP(=O)(O)OCC(O)COP(=O)(O)OCC(O)COC(=O)CCCCCCCCCCCCCCCCCCC/C=C\C/C=C\C/C=C\C/C=C\CCCCC. The van der Waals surface area contributed by atoms with E-state index in [0.717, 1.165) is 148 Å². The quantitative estimate of drug-likeness (QED) is 0.0146. The lowest BCUT2D eigenvalue weighted by atomic mass is 10.0. The highest BCUT2D eigenvalue weighted by Gasteiger charge is 2.29. The zero-order valence-corrected chi connectivity index (χ0v) is 76.8. The second-order valence-corrected chi connectivity index (χ2v) is 34.0. The Morgan fingerprint density at radius 2 is 0.445 bits per heavy atom. The van der Waals surface area contributed by atoms with Gasteiger partial charge in [0.1, 0.15) is 25.4 Å². The minimum absolute atomic E-state index is 0.0442. The van der Waals surface area contributed by atoms with Gasteiger partial charge in [-0.25, -0.2) is 9.13 Å². The molecule has 0 saturated heterocycles. The van der Waals surface area contributed by atoms with Gasteiger partial charge in [0, 0.05) is 19.3 Å². The molecule has 680 valence electrons. The zero-order chi connectivity index (χ0) is 86.5. The van der Waals surface area contributed by atoms with Crippen LogP contribution >= 0.6 is 15.6 Å². The van der Waals surface area contributed by atoms with Crippen molar-refractivity contribution in [1.82, 2.24) is 0 Å². The standard InChI is InChI=1S/C101H170O16P2/c1-4-7-10-13-16-19-22-25-28-31-34-37-39-41-43-45-46-47-48-50-52-53-55-58-60-63-66-69-72-75-78-81-84-87-99(104)111-90-96(102)91-113-118(107,108)114-92-97(103)93-115-119(109,110)116-95-98(117-101(106)89-86-83-80-77-74-71-68-65-62-57-36-33-30-27-24-21-18-15-12-9-6-3)94-112-100(105)88-85-82-79-76-73-70-67-64-61-59-56-54-51-49-44-42-40-38-35-32-29-26-23-20-17-14-11-8-5-2/h8-9,11-12,16-21,25-30,34-38,41-44,57,65,68,74,77,96-98,102-103H,4-7,10,13-15,22-24,31-33,39-40,45-56,58-64,66-67,69-73,75-76,78-95H2,1-3H3,(H,107,108)(H,109,110)/b11-8-,12-9-,19-16-,20-17-,21-18-,28-25-,29-26-,30-27-,37-34-,38-35-,43-41-,44-42-,57-36-,68-65-,77-74-. The third-order valence-electron chi connectivity index (χ3n) is 19.6. The Bertz CT molecular complexity index is 2890. The van der Waals surface area contributed by atoms with Crippen LogP contribution in [0.4, 0.5) is 0 Å². The summed E-state index contributed by atoms with van der Waals surface area (Å²) in [7, 11) is -9.83. The molecule has 119 heavy (non-hydrogen) atoms. The molecule has 0 spiro atoms. The Morgan fingerprint density at radius 3 is 0.723 bits per heavy atom. The van der Waals surface area contributed by atoms with E-state index in [1.54, 1.807) is 0 Å². The molecule has 0 rings (SSSR count). The first-order valence-electron chi connectivity index (χ1n) is 47.1. The number of hydrogen-bond donors (Lipinski definition) is 4. The summed E-state index contributed by atoms with van der Waals surface area (Å²) in [5.41, 5.74) is 0. The van der Waals surface area contributed by atoms with E-state index in [0.29, 0.717) is 25.7 Å². The van der Waals surface area contributed by atoms with Crippen LogP contribution in [0.1, 0.15) is 380 Å². The van der Waals surface area contributed by atoms with Crippen molar-refractivity contribution >= 4 is 33.6 Å². The lowest BCUT2D eigenvalue weighted by molar-refractivity contribution is -0.161. The lowest BCUT2D eigenvalue weighted by Gasteiger charge is -2.21. The molecule has 0 aromatic rings. The van der Waals surface area contributed by atoms with Gasteiger partial charge in [-0.05, 0) is 161 Å². The number of allylic oxidation sites excluding steroid dienone is 30. The first kappa shape index (κ1) is 114. The highest BCUT2D eigenvalue weighted by atomic mass is 31.2. The molecule has 5 unspecified atom stereocenters. The van der Waals surface area contributed by atoms with Crippen LogP contribution < -0.4 is 0 Å². The summed E-state index contributed by atoms with van der Waals surface area (Å²) in [6.07, 6.45) is 121. The molecule has 0 aliphatic rings. The van der Waals surface area contributed by atoms with Gasteiger partial charge in [0.15, 0.2) is 6.10 Å². The minimum Gasteiger partial charge on any atom is -0.463 e. The topological polar surface area (TPSA) is 231 Å². The molecule has 5 atom stereocenters. The van der Waals surface area contributed by atoms with Gasteiger partial charge >= 0.3 is 33.6 Å². The van der Waals surface area contributed by atoms with Crippen molar-refractivity contribution in [3.63, 3.8) is 0 Å². The van der Waals surface area contributed by atoms with Crippen LogP contribution in [0, 0.1) is 0 Å². The van der Waals surface area contributed by atoms with E-state index in [2.05, 4.69) is 203 Å². The van der Waals surface area contributed by atoms with Crippen molar-refractivity contribution < 1.29 is 75.8 Å². The molecule has 0 aliphatic carbocycles. The summed E-state index contributed by atoms with van der Waals surface area (Å²) >= 11 is 0. The minimum atomic E-state index is -4.96. The van der Waals surface area contributed by atoms with Gasteiger partial charge in [0.05, 0.1) is 26.4 Å². The normalized spacial score (nSPS) is 14.6. The summed E-state index contributed by atoms with van der Waals surface area (Å²) < 4.78 is 61.5. The molecule has 0 aliphatic heterocycles. The zero-order valence-electron chi connectivity index (χ0n) is 75.0. The number of ether oxygens (including phenoxy) is 3. The first-order chi connectivity index (χ1) is 58.2. The maximum Gasteiger partial charge on any atom is 0.472 e. The second kappa shape index (κ2) is 91.8. The third kappa shape index (κ3) is 93.2. The lowest BCUT2D eigenvalue weighted by Crippen LogP contribution is -2.30. The van der Waals surface area contributed by atoms with Crippen LogP contribution in [0.5, 0.6) is 0 Å². The Kier molecular flexibility index (Phi) is 87.7. The maximum absolute atomic E-state index is 13.0. The number of unbranched alkanes of at least 4 members (excludes halogenated alkanes) is 35. The Labute approximate surface area is 725 Å². The number of aliphatic hydroxyl groups is 2. The number of phosphoric acid groups is 2. The molecule has 0 aromatic carbocycles. The molecular weight excluding hydrogens is 1530 g/mol. The molecule has 0 aromatic heterocycles. The van der Waals surface area contributed by atoms with Gasteiger partial charge in [-0.2, -0.15) is 0 Å². The average molecular weight is 1700 g/mol. The predicted octanol–water partition coefficient (Wildman–Crippen LogP) is 29.2. The number of esters is 3. The maximum atomic E-state index is 13.0. The predicted molar refractivity (Wildman–Crippen MR) is 500 cm³/mol. The van der Waals surface area contributed by atoms with Gasteiger partial charge < -0.3 is 34.2 Å². The fourth-order valence-corrected chi connectivity index (χ4v) is 14.1. The number of phosphoric ester groups is 2. The average Bonchev–Trinajstić information content (AvgIpc) is 0.902. The molecule has 0 bridgehead atoms. The number of rotatable bonds is 88. The monoisotopic (exact) mass is 1700 g/mol. The molecule has 0 saturated carbocycles.